The number of urea groups is 1. The van der Waals surface area contributed by atoms with Gasteiger partial charge in [-0.05, 0) is 32.1 Å². The van der Waals surface area contributed by atoms with Crippen LogP contribution >= 0.6 is 0 Å². The smallest absolute Gasteiger partial charge is 0.320 e. The summed E-state index contributed by atoms with van der Waals surface area (Å²) in [4.78, 5) is 14.6. The summed E-state index contributed by atoms with van der Waals surface area (Å²) in [5.74, 6) is 1.41. The number of rotatable bonds is 4. The first-order valence-electron chi connectivity index (χ1n) is 8.48. The monoisotopic (exact) mass is 321 g/mol. The standard InChI is InChI=1S/C16H27N5O2/c1-12-9-15(20(2)19-12)18-16(22)17-14-3-6-21(7-4-14)10-13-5-8-23-11-13/h9,13-14H,3-8,10-11H2,1-2H3,(H2,17,18,22)/t13-/m0/s1. The van der Waals surface area contributed by atoms with Crippen molar-refractivity contribution in [3.8, 4) is 0 Å². The summed E-state index contributed by atoms with van der Waals surface area (Å²) in [6.07, 6.45) is 3.20. The fourth-order valence-corrected chi connectivity index (χ4v) is 3.42. The van der Waals surface area contributed by atoms with Crippen LogP contribution in [0.15, 0.2) is 6.07 Å². The van der Waals surface area contributed by atoms with E-state index < -0.39 is 0 Å². The molecule has 7 heteroatoms. The van der Waals surface area contributed by atoms with Crippen molar-refractivity contribution < 1.29 is 9.53 Å². The Morgan fingerprint density at radius 1 is 1.39 bits per heavy atom. The maximum absolute atomic E-state index is 12.1. The molecule has 1 aromatic heterocycles. The van der Waals surface area contributed by atoms with Gasteiger partial charge in [-0.15, -0.1) is 0 Å². The van der Waals surface area contributed by atoms with E-state index in [0.29, 0.717) is 5.92 Å². The Bertz CT molecular complexity index is 531. The minimum absolute atomic E-state index is 0.143. The lowest BCUT2D eigenvalue weighted by molar-refractivity contribution is 0.148. The lowest BCUT2D eigenvalue weighted by Gasteiger charge is -2.33. The highest BCUT2D eigenvalue weighted by molar-refractivity contribution is 5.88. The van der Waals surface area contributed by atoms with E-state index in [2.05, 4.69) is 20.6 Å². The molecular weight excluding hydrogens is 294 g/mol. The molecule has 1 aromatic rings. The van der Waals surface area contributed by atoms with E-state index in [9.17, 15) is 4.79 Å². The van der Waals surface area contributed by atoms with Crippen molar-refractivity contribution in [2.75, 3.05) is 38.2 Å². The Morgan fingerprint density at radius 3 is 2.78 bits per heavy atom. The number of piperidine rings is 1. The second-order valence-corrected chi connectivity index (χ2v) is 6.70. The molecular formula is C16H27N5O2. The fourth-order valence-electron chi connectivity index (χ4n) is 3.42. The van der Waals surface area contributed by atoms with E-state index in [-0.39, 0.29) is 12.1 Å². The zero-order valence-corrected chi connectivity index (χ0v) is 14.0. The van der Waals surface area contributed by atoms with Crippen molar-refractivity contribution in [1.29, 1.82) is 0 Å². The van der Waals surface area contributed by atoms with Gasteiger partial charge >= 0.3 is 6.03 Å². The number of hydrogen-bond donors (Lipinski definition) is 2. The van der Waals surface area contributed by atoms with Crippen molar-refractivity contribution in [2.24, 2.45) is 13.0 Å². The third-order valence-electron chi connectivity index (χ3n) is 4.71. The fraction of sp³-hybridized carbons (Fsp3) is 0.750. The number of nitrogens with zero attached hydrogens (tertiary/aromatic N) is 3. The lowest BCUT2D eigenvalue weighted by atomic mass is 10.0. The lowest BCUT2D eigenvalue weighted by Crippen LogP contribution is -2.47. The van der Waals surface area contributed by atoms with E-state index in [0.717, 1.165) is 57.2 Å². The summed E-state index contributed by atoms with van der Waals surface area (Å²) in [6.45, 7) is 6.96. The van der Waals surface area contributed by atoms with Crippen molar-refractivity contribution in [2.45, 2.75) is 32.2 Å². The van der Waals surface area contributed by atoms with Gasteiger partial charge in [0, 0.05) is 45.4 Å². The molecule has 7 nitrogen and oxygen atoms in total. The van der Waals surface area contributed by atoms with Gasteiger partial charge in [0.1, 0.15) is 5.82 Å². The molecule has 2 fully saturated rings. The first kappa shape index (κ1) is 16.3. The van der Waals surface area contributed by atoms with Crippen LogP contribution in [-0.4, -0.2) is 59.6 Å². The molecule has 3 rings (SSSR count). The summed E-state index contributed by atoms with van der Waals surface area (Å²) in [7, 11) is 1.83. The van der Waals surface area contributed by atoms with E-state index in [4.69, 9.17) is 4.74 Å². The predicted molar refractivity (Wildman–Crippen MR) is 88.5 cm³/mol. The molecule has 0 unspecified atom stereocenters. The molecule has 23 heavy (non-hydrogen) atoms. The molecule has 2 amide bonds. The van der Waals surface area contributed by atoms with Crippen molar-refractivity contribution >= 4 is 11.8 Å². The van der Waals surface area contributed by atoms with Crippen LogP contribution in [0, 0.1) is 12.8 Å². The number of anilines is 1. The molecule has 1 atom stereocenters. The van der Waals surface area contributed by atoms with Crippen LogP contribution in [0.25, 0.3) is 0 Å². The molecule has 0 aliphatic carbocycles. The number of carbonyl (C=O) groups excluding carboxylic acids is 1. The van der Waals surface area contributed by atoms with Crippen molar-refractivity contribution in [3.63, 3.8) is 0 Å². The average molecular weight is 321 g/mol. The first-order valence-corrected chi connectivity index (χ1v) is 8.48. The number of aromatic nitrogens is 2. The number of aryl methyl sites for hydroxylation is 2. The molecule has 0 saturated carbocycles. The summed E-state index contributed by atoms with van der Waals surface area (Å²) < 4.78 is 7.12. The number of hydrogen-bond acceptors (Lipinski definition) is 4. The van der Waals surface area contributed by atoms with Crippen LogP contribution in [0.1, 0.15) is 25.0 Å². The quantitative estimate of drug-likeness (QED) is 0.878. The number of carbonyl (C=O) groups is 1. The SMILES string of the molecule is Cc1cc(NC(=O)NC2CCN(C[C@@H]3CCOC3)CC2)n(C)n1. The van der Waals surface area contributed by atoms with E-state index >= 15 is 0 Å². The minimum atomic E-state index is -0.143. The average Bonchev–Trinajstić information content (AvgIpc) is 3.11. The van der Waals surface area contributed by atoms with Gasteiger partial charge in [0.05, 0.1) is 12.3 Å². The maximum Gasteiger partial charge on any atom is 0.320 e. The van der Waals surface area contributed by atoms with Crippen LogP contribution in [-0.2, 0) is 11.8 Å². The van der Waals surface area contributed by atoms with Crippen LogP contribution < -0.4 is 10.6 Å². The van der Waals surface area contributed by atoms with Gasteiger partial charge in [-0.25, -0.2) is 4.79 Å². The molecule has 0 spiro atoms. The van der Waals surface area contributed by atoms with Crippen LogP contribution in [0.5, 0.6) is 0 Å². The Balaban J connectivity index is 1.39. The molecule has 2 aliphatic heterocycles. The Labute approximate surface area is 137 Å². The van der Waals surface area contributed by atoms with E-state index in [1.807, 2.05) is 20.0 Å². The zero-order chi connectivity index (χ0) is 16.2. The van der Waals surface area contributed by atoms with Crippen molar-refractivity contribution in [1.82, 2.24) is 20.0 Å². The molecule has 2 N–H and O–H groups in total. The molecule has 128 valence electrons. The minimum Gasteiger partial charge on any atom is -0.381 e. The Kier molecular flexibility index (Phi) is 5.17. The number of nitrogens with one attached hydrogen (secondary N) is 2. The number of ether oxygens (including phenoxy) is 1. The third-order valence-corrected chi connectivity index (χ3v) is 4.71. The Hall–Kier alpha value is -1.60. The first-order chi connectivity index (χ1) is 11.1. The highest BCUT2D eigenvalue weighted by atomic mass is 16.5. The Morgan fingerprint density at radius 2 is 2.17 bits per heavy atom. The van der Waals surface area contributed by atoms with E-state index in [1.165, 1.54) is 6.42 Å². The second kappa shape index (κ2) is 7.31. The molecule has 3 heterocycles. The molecule has 2 aliphatic rings. The summed E-state index contributed by atoms with van der Waals surface area (Å²) in [5.41, 5.74) is 0.895. The third kappa shape index (κ3) is 4.45. The summed E-state index contributed by atoms with van der Waals surface area (Å²) in [6, 6.07) is 1.97. The van der Waals surface area contributed by atoms with Crippen molar-refractivity contribution in [3.05, 3.63) is 11.8 Å². The largest absolute Gasteiger partial charge is 0.381 e. The topological polar surface area (TPSA) is 71.4 Å². The van der Waals surface area contributed by atoms with Crippen LogP contribution in [0.2, 0.25) is 0 Å². The summed E-state index contributed by atoms with van der Waals surface area (Å²) >= 11 is 0. The second-order valence-electron chi connectivity index (χ2n) is 6.70. The number of amides is 2. The molecule has 0 bridgehead atoms. The summed E-state index contributed by atoms with van der Waals surface area (Å²) in [5, 5.41) is 10.2. The number of likely N-dealkylation sites (tertiary alicyclic amines) is 1. The van der Waals surface area contributed by atoms with Crippen LogP contribution in [0.3, 0.4) is 0 Å². The van der Waals surface area contributed by atoms with Gasteiger partial charge < -0.3 is 15.0 Å². The van der Waals surface area contributed by atoms with Gasteiger partial charge in [-0.3, -0.25) is 10.00 Å². The van der Waals surface area contributed by atoms with E-state index in [1.54, 1.807) is 4.68 Å². The molecule has 0 aromatic carbocycles. The maximum atomic E-state index is 12.1. The van der Waals surface area contributed by atoms with Crippen LogP contribution in [0.4, 0.5) is 10.6 Å². The predicted octanol–water partition coefficient (Wildman–Crippen LogP) is 1.35. The zero-order valence-electron chi connectivity index (χ0n) is 14.0. The van der Waals surface area contributed by atoms with Gasteiger partial charge in [0.15, 0.2) is 0 Å². The van der Waals surface area contributed by atoms with Gasteiger partial charge in [0.2, 0.25) is 0 Å². The highest BCUT2D eigenvalue weighted by Gasteiger charge is 2.24. The van der Waals surface area contributed by atoms with Gasteiger partial charge in [-0.2, -0.15) is 5.10 Å². The van der Waals surface area contributed by atoms with Gasteiger partial charge in [-0.1, -0.05) is 0 Å². The molecule has 2 saturated heterocycles. The van der Waals surface area contributed by atoms with Gasteiger partial charge in [0.25, 0.3) is 0 Å². The highest BCUT2D eigenvalue weighted by Crippen LogP contribution is 2.18. The normalized spacial score (nSPS) is 23.1. The molecule has 0 radical (unpaired) electrons.